The van der Waals surface area contributed by atoms with E-state index >= 15 is 0 Å². The summed E-state index contributed by atoms with van der Waals surface area (Å²) in [6.07, 6.45) is 0.483. The van der Waals surface area contributed by atoms with E-state index in [9.17, 15) is 14.9 Å². The van der Waals surface area contributed by atoms with Gasteiger partial charge in [-0.1, -0.05) is 17.7 Å². The minimum atomic E-state index is -1.20. The summed E-state index contributed by atoms with van der Waals surface area (Å²) < 4.78 is 1.67. The third-order valence-electron chi connectivity index (χ3n) is 5.29. The molecule has 0 unspecified atom stereocenters. The predicted molar refractivity (Wildman–Crippen MR) is 119 cm³/mol. The highest BCUT2D eigenvalue weighted by atomic mass is 35.5. The van der Waals surface area contributed by atoms with Gasteiger partial charge in [0.2, 0.25) is 0 Å². The molecule has 32 heavy (non-hydrogen) atoms. The molecule has 2 aromatic heterocycles. The van der Waals surface area contributed by atoms with Gasteiger partial charge in [-0.15, -0.1) is 0 Å². The lowest BCUT2D eigenvalue weighted by Gasteiger charge is -2.12. The number of aromatic nitrogens is 4. The van der Waals surface area contributed by atoms with Crippen LogP contribution < -0.4 is 10.9 Å². The molecule has 0 aliphatic carbocycles. The Morgan fingerprint density at radius 3 is 2.78 bits per heavy atom. The molecule has 4 aromatic rings. The van der Waals surface area contributed by atoms with Crippen LogP contribution in [0, 0.1) is 18.3 Å². The molecule has 0 radical (unpaired) electrons. The van der Waals surface area contributed by atoms with E-state index in [1.54, 1.807) is 55.2 Å². The van der Waals surface area contributed by atoms with Crippen molar-refractivity contribution in [3.05, 3.63) is 68.7 Å². The number of aryl methyl sites for hydroxylation is 1. The number of carbonyl (C=O) groups is 1. The van der Waals surface area contributed by atoms with Crippen molar-refractivity contribution in [3.8, 4) is 28.5 Å². The number of halogens is 1. The average Bonchev–Trinajstić information content (AvgIpc) is 3.16. The molecule has 3 N–H and O–H groups in total. The smallest absolute Gasteiger partial charge is 0.404 e. The number of hydrogen-bond donors (Lipinski definition) is 3. The van der Waals surface area contributed by atoms with E-state index in [1.165, 1.54) is 0 Å². The van der Waals surface area contributed by atoms with Crippen molar-refractivity contribution in [3.63, 3.8) is 0 Å². The van der Waals surface area contributed by atoms with Gasteiger partial charge in [-0.25, -0.2) is 9.89 Å². The average molecular weight is 449 g/mol. The van der Waals surface area contributed by atoms with Crippen molar-refractivity contribution in [2.75, 3.05) is 0 Å². The number of nitrogens with zero attached hydrogens (tertiary/aromatic N) is 4. The predicted octanol–water partition coefficient (Wildman–Crippen LogP) is 3.59. The molecule has 0 aliphatic heterocycles. The van der Waals surface area contributed by atoms with Gasteiger partial charge in [-0.3, -0.25) is 9.48 Å². The molecule has 1 amide bonds. The van der Waals surface area contributed by atoms with Crippen LogP contribution in [0.3, 0.4) is 0 Å². The van der Waals surface area contributed by atoms with Crippen molar-refractivity contribution in [2.45, 2.75) is 13.5 Å². The van der Waals surface area contributed by atoms with Gasteiger partial charge in [0.1, 0.15) is 6.07 Å². The van der Waals surface area contributed by atoms with Crippen LogP contribution in [0.5, 0.6) is 0 Å². The van der Waals surface area contributed by atoms with Crippen LogP contribution in [0.2, 0.25) is 5.02 Å². The quantitative estimate of drug-likeness (QED) is 0.436. The number of amides is 1. The fraction of sp³-hybridized carbons (Fsp3) is 0.136. The van der Waals surface area contributed by atoms with Gasteiger partial charge in [0.15, 0.2) is 0 Å². The van der Waals surface area contributed by atoms with Gasteiger partial charge >= 0.3 is 6.09 Å². The number of rotatable bonds is 4. The lowest BCUT2D eigenvalue weighted by Crippen LogP contribution is -2.22. The second kappa shape index (κ2) is 8.17. The van der Waals surface area contributed by atoms with Gasteiger partial charge in [0.05, 0.1) is 35.1 Å². The first kappa shape index (κ1) is 21.1. The number of carboxylic acid groups (broad SMARTS) is 1. The molecule has 160 valence electrons. The zero-order valence-corrected chi connectivity index (χ0v) is 17.9. The largest absolute Gasteiger partial charge is 0.465 e. The van der Waals surface area contributed by atoms with E-state index in [1.807, 2.05) is 0 Å². The van der Waals surface area contributed by atoms with Gasteiger partial charge in [-0.05, 0) is 42.3 Å². The molecule has 0 saturated carbocycles. The zero-order chi connectivity index (χ0) is 23.0. The Hall–Kier alpha value is -4.16. The lowest BCUT2D eigenvalue weighted by atomic mass is 9.94. The van der Waals surface area contributed by atoms with Crippen molar-refractivity contribution in [2.24, 2.45) is 7.05 Å². The van der Waals surface area contributed by atoms with Crippen LogP contribution in [0.15, 0.2) is 41.3 Å². The van der Waals surface area contributed by atoms with Crippen LogP contribution in [-0.2, 0) is 13.6 Å². The maximum atomic E-state index is 12.2. The summed E-state index contributed by atoms with van der Waals surface area (Å²) in [6.45, 7) is 1.72. The Kier molecular flexibility index (Phi) is 5.38. The molecule has 2 aromatic carbocycles. The Labute approximate surface area is 186 Å². The number of H-pyrrole nitrogens is 1. The zero-order valence-electron chi connectivity index (χ0n) is 17.1. The molecular formula is C22H17ClN6O3. The number of nitriles is 1. The fourth-order valence-electron chi connectivity index (χ4n) is 3.68. The second-order valence-corrected chi connectivity index (χ2v) is 7.56. The molecule has 2 heterocycles. The highest BCUT2D eigenvalue weighted by Gasteiger charge is 2.19. The summed E-state index contributed by atoms with van der Waals surface area (Å²) >= 11 is 6.21. The number of aromatic amines is 1. The Bertz CT molecular complexity index is 1480. The first-order valence-electron chi connectivity index (χ1n) is 9.52. The maximum Gasteiger partial charge on any atom is 0.404 e. The summed E-state index contributed by atoms with van der Waals surface area (Å²) in [4.78, 5) is 23.2. The summed E-state index contributed by atoms with van der Waals surface area (Å²) in [7, 11) is 1.78. The SMILES string of the molecule is Cc1c(Cl)ccc(-c2c(-c3ccc4c(=O)[nH]nc(CNC(=O)O)c4c3)cnn2C)c1C#N. The standard InChI is InChI=1S/C22H17ClN6O3/c1-11-16(8-24)13(5-6-18(11)23)20-17(9-26-29(20)2)12-3-4-14-15(7-12)19(10-25-22(31)32)27-28-21(14)30/h3-7,9,25H,10H2,1-2H3,(H,28,30)(H,31,32). The topological polar surface area (TPSA) is 137 Å². The fourth-order valence-corrected chi connectivity index (χ4v) is 3.83. The molecule has 0 spiro atoms. The molecule has 0 fully saturated rings. The first-order valence-corrected chi connectivity index (χ1v) is 9.89. The van der Waals surface area contributed by atoms with E-state index < -0.39 is 6.09 Å². The molecule has 10 heteroatoms. The van der Waals surface area contributed by atoms with Crippen molar-refractivity contribution in [1.82, 2.24) is 25.3 Å². The molecule has 0 aliphatic rings. The number of nitrogens with one attached hydrogen (secondary N) is 2. The molecule has 0 bridgehead atoms. The monoisotopic (exact) mass is 448 g/mol. The summed E-state index contributed by atoms with van der Waals surface area (Å²) in [6, 6.07) is 11.0. The van der Waals surface area contributed by atoms with Crippen LogP contribution in [-0.4, -0.2) is 31.2 Å². The molecule has 9 nitrogen and oxygen atoms in total. The number of benzene rings is 2. The minimum Gasteiger partial charge on any atom is -0.465 e. The number of fused-ring (bicyclic) bond motifs is 1. The van der Waals surface area contributed by atoms with Crippen molar-refractivity contribution >= 4 is 28.5 Å². The summed E-state index contributed by atoms with van der Waals surface area (Å²) in [5.41, 5.74) is 4.00. The van der Waals surface area contributed by atoms with Gasteiger partial charge < -0.3 is 10.4 Å². The van der Waals surface area contributed by atoms with Crippen LogP contribution in [0.25, 0.3) is 33.2 Å². The van der Waals surface area contributed by atoms with Crippen molar-refractivity contribution < 1.29 is 9.90 Å². The normalized spacial score (nSPS) is 10.8. The summed E-state index contributed by atoms with van der Waals surface area (Å²) in [5, 5.41) is 33.1. The van der Waals surface area contributed by atoms with Crippen LogP contribution in [0.4, 0.5) is 4.79 Å². The summed E-state index contributed by atoms with van der Waals surface area (Å²) in [5.74, 6) is 0. The Morgan fingerprint density at radius 1 is 1.28 bits per heavy atom. The van der Waals surface area contributed by atoms with Gasteiger partial charge in [0.25, 0.3) is 5.56 Å². The van der Waals surface area contributed by atoms with E-state index in [0.29, 0.717) is 43.9 Å². The third kappa shape index (κ3) is 3.57. The van der Waals surface area contributed by atoms with Crippen LogP contribution >= 0.6 is 11.6 Å². The highest BCUT2D eigenvalue weighted by Crippen LogP contribution is 2.37. The van der Waals surface area contributed by atoms with Gasteiger partial charge in [-0.2, -0.15) is 15.5 Å². The second-order valence-electron chi connectivity index (χ2n) is 7.16. The maximum absolute atomic E-state index is 12.2. The Balaban J connectivity index is 1.94. The van der Waals surface area contributed by atoms with E-state index in [2.05, 4.69) is 26.7 Å². The Morgan fingerprint density at radius 2 is 2.06 bits per heavy atom. The number of hydrogen-bond acceptors (Lipinski definition) is 5. The van der Waals surface area contributed by atoms with E-state index in [0.717, 1.165) is 11.1 Å². The van der Waals surface area contributed by atoms with Crippen LogP contribution in [0.1, 0.15) is 16.8 Å². The first-order chi connectivity index (χ1) is 15.3. The molecule has 0 saturated heterocycles. The third-order valence-corrected chi connectivity index (χ3v) is 5.70. The van der Waals surface area contributed by atoms with Crippen molar-refractivity contribution in [1.29, 1.82) is 5.26 Å². The highest BCUT2D eigenvalue weighted by molar-refractivity contribution is 6.31. The van der Waals surface area contributed by atoms with E-state index in [4.69, 9.17) is 16.7 Å². The lowest BCUT2D eigenvalue weighted by molar-refractivity contribution is 0.194. The minimum absolute atomic E-state index is 0.0685. The molecule has 0 atom stereocenters. The van der Waals surface area contributed by atoms with Gasteiger partial charge in [0, 0.05) is 28.6 Å². The molecular weight excluding hydrogens is 432 g/mol. The van der Waals surface area contributed by atoms with E-state index in [-0.39, 0.29) is 12.1 Å². The molecule has 4 rings (SSSR count).